The Labute approximate surface area is 179 Å². The molecule has 1 N–H and O–H groups in total. The molecule has 158 valence electrons. The molecule has 1 aromatic heterocycles. The number of hydrogen-bond acceptors (Lipinski definition) is 4. The third-order valence-electron chi connectivity index (χ3n) is 5.04. The highest BCUT2D eigenvalue weighted by atomic mass is 32.1. The Morgan fingerprint density at radius 3 is 2.39 bits per heavy atom. The van der Waals surface area contributed by atoms with E-state index in [1.54, 1.807) is 35.7 Å². The van der Waals surface area contributed by atoms with Gasteiger partial charge in [-0.05, 0) is 48.2 Å². The number of amides is 1. The molecule has 0 fully saturated rings. The van der Waals surface area contributed by atoms with Crippen molar-refractivity contribution in [3.05, 3.63) is 98.9 Å². The van der Waals surface area contributed by atoms with Gasteiger partial charge < -0.3 is 5.11 Å². The summed E-state index contributed by atoms with van der Waals surface area (Å²) in [5.74, 6) is -2.20. The second-order valence-electron chi connectivity index (χ2n) is 7.11. The van der Waals surface area contributed by atoms with E-state index < -0.39 is 35.2 Å². The molecular weight excluding hydrogens is 427 g/mol. The minimum absolute atomic E-state index is 0.0766. The van der Waals surface area contributed by atoms with E-state index in [1.165, 1.54) is 18.2 Å². The molecule has 1 atom stereocenters. The Morgan fingerprint density at radius 1 is 1.06 bits per heavy atom. The van der Waals surface area contributed by atoms with E-state index >= 15 is 0 Å². The van der Waals surface area contributed by atoms with Crippen molar-refractivity contribution in [3.8, 4) is 0 Å². The van der Waals surface area contributed by atoms with Gasteiger partial charge in [-0.15, -0.1) is 11.3 Å². The van der Waals surface area contributed by atoms with E-state index in [4.69, 9.17) is 0 Å². The summed E-state index contributed by atoms with van der Waals surface area (Å²) < 4.78 is 40.0. The van der Waals surface area contributed by atoms with E-state index in [0.29, 0.717) is 5.69 Å². The maximum absolute atomic E-state index is 13.3. The maximum Gasteiger partial charge on any atom is 0.416 e. The van der Waals surface area contributed by atoms with E-state index in [9.17, 15) is 27.9 Å². The number of carbonyl (C=O) groups excluding carboxylic acids is 2. The molecule has 3 aromatic rings. The zero-order valence-electron chi connectivity index (χ0n) is 16.2. The van der Waals surface area contributed by atoms with Crippen LogP contribution in [0.2, 0.25) is 0 Å². The van der Waals surface area contributed by atoms with Gasteiger partial charge in [-0.25, -0.2) is 0 Å². The van der Waals surface area contributed by atoms with Crippen LogP contribution in [0.25, 0.3) is 0 Å². The van der Waals surface area contributed by atoms with Crippen LogP contribution in [0.1, 0.15) is 32.4 Å². The number of alkyl halides is 3. The van der Waals surface area contributed by atoms with Crippen LogP contribution in [-0.4, -0.2) is 16.8 Å². The first kappa shape index (κ1) is 20.9. The predicted octanol–water partition coefficient (Wildman–Crippen LogP) is 5.86. The lowest BCUT2D eigenvalue weighted by Crippen LogP contribution is -2.31. The summed E-state index contributed by atoms with van der Waals surface area (Å²) in [4.78, 5) is 27.6. The molecule has 1 aliphatic rings. The number of nitrogens with zero attached hydrogens (tertiary/aromatic N) is 1. The zero-order valence-corrected chi connectivity index (χ0v) is 17.0. The van der Waals surface area contributed by atoms with E-state index in [1.807, 2.05) is 6.92 Å². The molecule has 0 unspecified atom stereocenters. The van der Waals surface area contributed by atoms with Crippen molar-refractivity contribution in [1.29, 1.82) is 0 Å². The number of ketones is 1. The lowest BCUT2D eigenvalue weighted by molar-refractivity contribution is -0.137. The normalized spacial score (nSPS) is 16.8. The maximum atomic E-state index is 13.3. The highest BCUT2D eigenvalue weighted by molar-refractivity contribution is 7.12. The van der Waals surface area contributed by atoms with Gasteiger partial charge in [0.05, 0.1) is 22.1 Å². The lowest BCUT2D eigenvalue weighted by Gasteiger charge is -2.27. The van der Waals surface area contributed by atoms with Gasteiger partial charge in [0.1, 0.15) is 0 Å². The quantitative estimate of drug-likeness (QED) is 0.514. The van der Waals surface area contributed by atoms with E-state index in [-0.39, 0.29) is 16.0 Å². The first-order valence-electron chi connectivity index (χ1n) is 9.27. The summed E-state index contributed by atoms with van der Waals surface area (Å²) in [6.45, 7) is 1.85. The van der Waals surface area contributed by atoms with E-state index in [2.05, 4.69) is 0 Å². The Kier molecular flexibility index (Phi) is 5.18. The van der Waals surface area contributed by atoms with Crippen LogP contribution >= 0.6 is 11.3 Å². The summed E-state index contributed by atoms with van der Waals surface area (Å²) in [5, 5.41) is 12.3. The van der Waals surface area contributed by atoms with Gasteiger partial charge in [-0.3, -0.25) is 14.5 Å². The molecule has 0 spiro atoms. The molecule has 0 aliphatic carbocycles. The Morgan fingerprint density at radius 2 is 1.77 bits per heavy atom. The summed E-state index contributed by atoms with van der Waals surface area (Å²) in [7, 11) is 0. The minimum Gasteiger partial charge on any atom is -0.503 e. The average Bonchev–Trinajstić information content (AvgIpc) is 3.36. The lowest BCUT2D eigenvalue weighted by atomic mass is 9.94. The fraction of sp³-hybridized carbons (Fsp3) is 0.130. The van der Waals surface area contributed by atoms with E-state index in [0.717, 1.165) is 33.9 Å². The van der Waals surface area contributed by atoms with Crippen LogP contribution < -0.4 is 4.90 Å². The number of benzene rings is 2. The van der Waals surface area contributed by atoms with Crippen molar-refractivity contribution in [2.24, 2.45) is 0 Å². The van der Waals surface area contributed by atoms with Gasteiger partial charge in [0, 0.05) is 5.69 Å². The Bertz CT molecular complexity index is 1180. The number of rotatable bonds is 4. The van der Waals surface area contributed by atoms with Gasteiger partial charge in [0.2, 0.25) is 5.78 Å². The van der Waals surface area contributed by atoms with Crippen LogP contribution in [0.4, 0.5) is 18.9 Å². The van der Waals surface area contributed by atoms with Crippen molar-refractivity contribution >= 4 is 28.7 Å². The Balaban J connectivity index is 1.90. The zero-order chi connectivity index (χ0) is 22.3. The van der Waals surface area contributed by atoms with Gasteiger partial charge in [-0.2, -0.15) is 13.2 Å². The second-order valence-corrected chi connectivity index (χ2v) is 8.05. The number of hydrogen-bond donors (Lipinski definition) is 1. The number of Topliss-reactive ketones (excluding diaryl/α,β-unsaturated/α-hetero) is 1. The third kappa shape index (κ3) is 3.74. The fourth-order valence-corrected chi connectivity index (χ4v) is 4.23. The highest BCUT2D eigenvalue weighted by Gasteiger charge is 2.45. The smallest absolute Gasteiger partial charge is 0.416 e. The van der Waals surface area contributed by atoms with Crippen LogP contribution in [0.15, 0.2) is 77.4 Å². The monoisotopic (exact) mass is 443 g/mol. The van der Waals surface area contributed by atoms with Crippen LogP contribution in [-0.2, 0) is 11.0 Å². The molecule has 1 amide bonds. The van der Waals surface area contributed by atoms with Crippen molar-refractivity contribution in [2.75, 3.05) is 4.90 Å². The highest BCUT2D eigenvalue weighted by Crippen LogP contribution is 2.43. The minimum atomic E-state index is -4.60. The van der Waals surface area contributed by atoms with Gasteiger partial charge in [-0.1, -0.05) is 35.9 Å². The summed E-state index contributed by atoms with van der Waals surface area (Å²) in [6.07, 6.45) is -4.60. The molecule has 0 saturated heterocycles. The summed E-state index contributed by atoms with van der Waals surface area (Å²) >= 11 is 1.12. The molecule has 4 rings (SSSR count). The summed E-state index contributed by atoms with van der Waals surface area (Å²) in [6, 6.07) is 13.2. The fourth-order valence-electron chi connectivity index (χ4n) is 3.55. The largest absolute Gasteiger partial charge is 0.503 e. The van der Waals surface area contributed by atoms with Crippen LogP contribution in [0, 0.1) is 6.92 Å². The van der Waals surface area contributed by atoms with Crippen molar-refractivity contribution in [1.82, 2.24) is 0 Å². The molecule has 0 radical (unpaired) electrons. The molecular formula is C23H16F3NO3S. The number of carbonyl (C=O) groups is 2. The molecule has 4 nitrogen and oxygen atoms in total. The van der Waals surface area contributed by atoms with Crippen LogP contribution in [0.3, 0.4) is 0 Å². The topological polar surface area (TPSA) is 57.6 Å². The molecule has 31 heavy (non-hydrogen) atoms. The average molecular weight is 443 g/mol. The van der Waals surface area contributed by atoms with Crippen LogP contribution in [0.5, 0.6) is 0 Å². The van der Waals surface area contributed by atoms with Crippen molar-refractivity contribution in [2.45, 2.75) is 19.1 Å². The molecule has 0 saturated carbocycles. The number of aliphatic hydroxyl groups is 1. The summed E-state index contributed by atoms with van der Waals surface area (Å²) in [5.41, 5.74) is 0.201. The van der Waals surface area contributed by atoms with Crippen molar-refractivity contribution < 1.29 is 27.9 Å². The first-order valence-corrected chi connectivity index (χ1v) is 10.1. The first-order chi connectivity index (χ1) is 14.7. The SMILES string of the molecule is Cc1ccc(N2C(=O)C(O)=C(C(=O)c3cccs3)[C@H]2c2cccc(C(F)(F)F)c2)cc1. The number of anilines is 1. The molecule has 1 aliphatic heterocycles. The number of halogens is 3. The predicted molar refractivity (Wildman–Crippen MR) is 111 cm³/mol. The second kappa shape index (κ2) is 7.70. The Hall–Kier alpha value is -3.39. The standard InChI is InChI=1S/C23H16F3NO3S/c1-13-7-9-16(10-8-13)27-19(14-4-2-5-15(12-14)23(24,25)26)18(21(29)22(27)30)20(28)17-6-3-11-31-17/h2-12,19,29H,1H3/t19-/m1/s1. The van der Waals surface area contributed by atoms with Gasteiger partial charge in [0.15, 0.2) is 5.76 Å². The molecule has 8 heteroatoms. The number of aryl methyl sites for hydroxylation is 1. The molecule has 2 aromatic carbocycles. The number of thiophene rings is 1. The number of aliphatic hydroxyl groups excluding tert-OH is 1. The van der Waals surface area contributed by atoms with Gasteiger partial charge >= 0.3 is 6.18 Å². The third-order valence-corrected chi connectivity index (χ3v) is 5.91. The molecule has 0 bridgehead atoms. The van der Waals surface area contributed by atoms with Crippen molar-refractivity contribution in [3.63, 3.8) is 0 Å². The molecule has 2 heterocycles. The van der Waals surface area contributed by atoms with Gasteiger partial charge in [0.25, 0.3) is 5.91 Å².